The van der Waals surface area contributed by atoms with Gasteiger partial charge < -0.3 is 19.2 Å². The van der Waals surface area contributed by atoms with Crippen LogP contribution in [0.15, 0.2) is 59.0 Å². The van der Waals surface area contributed by atoms with Crippen molar-refractivity contribution in [3.8, 4) is 11.5 Å². The molecule has 3 aromatic rings. The molecule has 2 aromatic carbocycles. The van der Waals surface area contributed by atoms with Crippen LogP contribution in [-0.4, -0.2) is 17.4 Å². The minimum atomic E-state index is -0.598. The number of nitrogens with one attached hydrogen (secondary N) is 1. The molecule has 0 aliphatic heterocycles. The van der Waals surface area contributed by atoms with Gasteiger partial charge in [0, 0.05) is 0 Å². The Morgan fingerprint density at radius 1 is 1.14 bits per heavy atom. The van der Waals surface area contributed by atoms with Crippen LogP contribution in [0, 0.1) is 17.0 Å². The Morgan fingerprint density at radius 2 is 1.93 bits per heavy atom. The average Bonchev–Trinajstić information content (AvgIpc) is 3.18. The molecule has 150 valence electrons. The molecule has 1 N–H and O–H groups in total. The average molecular weight is 396 g/mol. The molecule has 0 fully saturated rings. The van der Waals surface area contributed by atoms with Gasteiger partial charge in [0.25, 0.3) is 11.6 Å². The zero-order chi connectivity index (χ0) is 20.8. The van der Waals surface area contributed by atoms with Crippen LogP contribution in [0.2, 0.25) is 0 Å². The summed E-state index contributed by atoms with van der Waals surface area (Å²) in [7, 11) is 0. The van der Waals surface area contributed by atoms with Gasteiger partial charge in [-0.2, -0.15) is 0 Å². The van der Waals surface area contributed by atoms with Crippen LogP contribution < -0.4 is 14.8 Å². The van der Waals surface area contributed by atoms with Crippen molar-refractivity contribution in [2.75, 3.05) is 11.9 Å². The second-order valence-electron chi connectivity index (χ2n) is 6.14. The van der Waals surface area contributed by atoms with Gasteiger partial charge in [-0.15, -0.1) is 0 Å². The minimum Gasteiger partial charge on any atom is -0.494 e. The first-order valence-electron chi connectivity index (χ1n) is 8.97. The van der Waals surface area contributed by atoms with E-state index in [1.807, 2.05) is 31.2 Å². The predicted molar refractivity (Wildman–Crippen MR) is 106 cm³/mol. The number of aryl methyl sites for hydroxylation is 1. The lowest BCUT2D eigenvalue weighted by atomic mass is 10.2. The van der Waals surface area contributed by atoms with Crippen molar-refractivity contribution >= 4 is 17.3 Å². The Labute approximate surface area is 167 Å². The van der Waals surface area contributed by atoms with Crippen LogP contribution in [0.4, 0.5) is 11.4 Å². The normalized spacial score (nSPS) is 10.4. The summed E-state index contributed by atoms with van der Waals surface area (Å²) in [4.78, 5) is 23.2. The number of hydrogen-bond donors (Lipinski definition) is 1. The van der Waals surface area contributed by atoms with Crippen LogP contribution in [-0.2, 0) is 6.61 Å². The van der Waals surface area contributed by atoms with Gasteiger partial charge in [-0.1, -0.05) is 18.2 Å². The Bertz CT molecular complexity index is 1030. The first-order chi connectivity index (χ1) is 14.0. The first-order valence-corrected chi connectivity index (χ1v) is 8.97. The molecule has 0 radical (unpaired) electrons. The number of nitro benzene ring substituents is 1. The van der Waals surface area contributed by atoms with E-state index in [-0.39, 0.29) is 23.7 Å². The molecule has 0 spiro atoms. The molecule has 0 bridgehead atoms. The SMILES string of the molecule is CCOc1ccc(NC(=O)c2ccc(COc3ccccc3C)o2)c([N+](=O)[O-])c1. The van der Waals surface area contributed by atoms with Gasteiger partial charge in [0.05, 0.1) is 17.6 Å². The number of carbonyl (C=O) groups excluding carboxylic acids is 1. The molecular formula is C21H20N2O6. The highest BCUT2D eigenvalue weighted by Crippen LogP contribution is 2.29. The molecule has 1 aromatic heterocycles. The van der Waals surface area contributed by atoms with Crippen LogP contribution >= 0.6 is 0 Å². The van der Waals surface area contributed by atoms with Crippen LogP contribution in [0.25, 0.3) is 0 Å². The summed E-state index contributed by atoms with van der Waals surface area (Å²) in [5.74, 6) is 0.960. The van der Waals surface area contributed by atoms with E-state index in [1.54, 1.807) is 19.1 Å². The lowest BCUT2D eigenvalue weighted by molar-refractivity contribution is -0.384. The maximum Gasteiger partial charge on any atom is 0.296 e. The zero-order valence-corrected chi connectivity index (χ0v) is 16.0. The summed E-state index contributed by atoms with van der Waals surface area (Å²) >= 11 is 0. The summed E-state index contributed by atoms with van der Waals surface area (Å²) in [5, 5.41) is 13.8. The number of nitro groups is 1. The van der Waals surface area contributed by atoms with Gasteiger partial charge in [0.2, 0.25) is 0 Å². The monoisotopic (exact) mass is 396 g/mol. The Balaban J connectivity index is 1.69. The highest BCUT2D eigenvalue weighted by Gasteiger charge is 2.20. The van der Waals surface area contributed by atoms with E-state index in [4.69, 9.17) is 13.9 Å². The first kappa shape index (κ1) is 19.9. The van der Waals surface area contributed by atoms with Crippen molar-refractivity contribution in [1.82, 2.24) is 0 Å². The number of benzene rings is 2. The summed E-state index contributed by atoms with van der Waals surface area (Å²) in [6, 6.07) is 14.9. The number of furan rings is 1. The lowest BCUT2D eigenvalue weighted by Crippen LogP contribution is -2.12. The van der Waals surface area contributed by atoms with Crippen molar-refractivity contribution in [3.63, 3.8) is 0 Å². The largest absolute Gasteiger partial charge is 0.494 e. The summed E-state index contributed by atoms with van der Waals surface area (Å²) in [6.45, 7) is 4.24. The molecule has 8 heteroatoms. The van der Waals surface area contributed by atoms with Crippen molar-refractivity contribution in [1.29, 1.82) is 0 Å². The van der Waals surface area contributed by atoms with Gasteiger partial charge >= 0.3 is 0 Å². The molecule has 0 aliphatic rings. The molecule has 1 heterocycles. The van der Waals surface area contributed by atoms with Gasteiger partial charge in [-0.25, -0.2) is 0 Å². The molecule has 0 saturated carbocycles. The van der Waals surface area contributed by atoms with E-state index in [0.29, 0.717) is 18.1 Å². The van der Waals surface area contributed by atoms with E-state index in [9.17, 15) is 14.9 Å². The van der Waals surface area contributed by atoms with E-state index in [2.05, 4.69) is 5.32 Å². The quantitative estimate of drug-likeness (QED) is 0.436. The second-order valence-corrected chi connectivity index (χ2v) is 6.14. The van der Waals surface area contributed by atoms with Crippen molar-refractivity contribution in [3.05, 3.63) is 81.8 Å². The third kappa shape index (κ3) is 4.92. The van der Waals surface area contributed by atoms with Crippen molar-refractivity contribution in [2.45, 2.75) is 20.5 Å². The number of ether oxygens (including phenoxy) is 2. The molecule has 0 saturated heterocycles. The van der Waals surface area contributed by atoms with Gasteiger partial charge in [0.15, 0.2) is 5.76 Å². The van der Waals surface area contributed by atoms with Crippen molar-refractivity contribution in [2.24, 2.45) is 0 Å². The van der Waals surface area contributed by atoms with E-state index < -0.39 is 10.8 Å². The Kier molecular flexibility index (Phi) is 6.13. The van der Waals surface area contributed by atoms with E-state index in [0.717, 1.165) is 11.3 Å². The molecule has 8 nitrogen and oxygen atoms in total. The fourth-order valence-corrected chi connectivity index (χ4v) is 2.65. The highest BCUT2D eigenvalue weighted by atomic mass is 16.6. The number of amides is 1. The predicted octanol–water partition coefficient (Wildman–Crippen LogP) is 4.73. The van der Waals surface area contributed by atoms with Crippen molar-refractivity contribution < 1.29 is 23.6 Å². The highest BCUT2D eigenvalue weighted by molar-refractivity contribution is 6.03. The second kappa shape index (κ2) is 8.92. The van der Waals surface area contributed by atoms with E-state index in [1.165, 1.54) is 18.2 Å². The number of carbonyl (C=O) groups is 1. The van der Waals surface area contributed by atoms with Crippen LogP contribution in [0.3, 0.4) is 0 Å². The number of rotatable bonds is 8. The molecular weight excluding hydrogens is 376 g/mol. The molecule has 0 atom stereocenters. The third-order valence-corrected chi connectivity index (χ3v) is 4.07. The number of anilines is 1. The Morgan fingerprint density at radius 3 is 2.66 bits per heavy atom. The molecule has 1 amide bonds. The maximum atomic E-state index is 12.4. The van der Waals surface area contributed by atoms with E-state index >= 15 is 0 Å². The smallest absolute Gasteiger partial charge is 0.296 e. The van der Waals surface area contributed by atoms with Gasteiger partial charge in [-0.3, -0.25) is 14.9 Å². The summed E-state index contributed by atoms with van der Waals surface area (Å²) in [5.41, 5.74) is 0.774. The van der Waals surface area contributed by atoms with Crippen LogP contribution in [0.1, 0.15) is 28.8 Å². The topological polar surface area (TPSA) is 104 Å². The van der Waals surface area contributed by atoms with Crippen LogP contribution in [0.5, 0.6) is 11.5 Å². The fraction of sp³-hybridized carbons (Fsp3) is 0.190. The summed E-state index contributed by atoms with van der Waals surface area (Å²) < 4.78 is 16.5. The molecule has 3 rings (SSSR count). The third-order valence-electron chi connectivity index (χ3n) is 4.07. The zero-order valence-electron chi connectivity index (χ0n) is 16.0. The molecule has 29 heavy (non-hydrogen) atoms. The van der Waals surface area contributed by atoms with Gasteiger partial charge in [-0.05, 0) is 49.7 Å². The number of nitrogens with zero attached hydrogens (tertiary/aromatic N) is 1. The number of hydrogen-bond acceptors (Lipinski definition) is 6. The fourth-order valence-electron chi connectivity index (χ4n) is 2.65. The molecule has 0 aliphatic carbocycles. The summed E-state index contributed by atoms with van der Waals surface area (Å²) in [6.07, 6.45) is 0. The number of para-hydroxylation sites is 1. The minimum absolute atomic E-state index is 0.0246. The Hall–Kier alpha value is -3.81. The lowest BCUT2D eigenvalue weighted by Gasteiger charge is -2.08. The standard InChI is InChI=1S/C21H20N2O6/c1-3-27-15-8-10-17(18(12-15)23(25)26)22-21(24)20-11-9-16(29-20)13-28-19-7-5-4-6-14(19)2/h4-12H,3,13H2,1-2H3,(H,22,24). The maximum absolute atomic E-state index is 12.4. The molecule has 0 unspecified atom stereocenters. The van der Waals surface area contributed by atoms with Gasteiger partial charge in [0.1, 0.15) is 29.6 Å².